The lowest BCUT2D eigenvalue weighted by Gasteiger charge is -2.15. The van der Waals surface area contributed by atoms with E-state index < -0.39 is 0 Å². The van der Waals surface area contributed by atoms with Gasteiger partial charge in [0, 0.05) is 17.8 Å². The van der Waals surface area contributed by atoms with Gasteiger partial charge >= 0.3 is 0 Å². The van der Waals surface area contributed by atoms with E-state index in [0.29, 0.717) is 4.73 Å². The summed E-state index contributed by atoms with van der Waals surface area (Å²) in [6.45, 7) is 4.03. The van der Waals surface area contributed by atoms with Crippen LogP contribution in [0, 0.1) is 6.92 Å². The fraction of sp³-hybridized carbons (Fsp3) is 0.286. The van der Waals surface area contributed by atoms with Crippen LogP contribution in [-0.4, -0.2) is 17.1 Å². The van der Waals surface area contributed by atoms with Crippen molar-refractivity contribution in [3.8, 4) is 5.75 Å². The van der Waals surface area contributed by atoms with Crippen molar-refractivity contribution in [1.29, 1.82) is 0 Å². The second-order valence-electron chi connectivity index (χ2n) is 4.30. The lowest BCUT2D eigenvalue weighted by atomic mass is 10.1. The Morgan fingerprint density at radius 3 is 2.47 bits per heavy atom. The van der Waals surface area contributed by atoms with Gasteiger partial charge in [-0.1, -0.05) is 12.1 Å². The highest BCUT2D eigenvalue weighted by molar-refractivity contribution is 9.10. The summed E-state index contributed by atoms with van der Waals surface area (Å²) in [5.74, 6) is 1.67. The van der Waals surface area contributed by atoms with E-state index >= 15 is 0 Å². The number of nitrogens with zero attached hydrogens (tertiary/aromatic N) is 2. The Kier molecular flexibility index (Phi) is 4.37. The Bertz CT molecular complexity index is 537. The molecule has 1 aromatic carbocycles. The topological polar surface area (TPSA) is 47.0 Å². The number of aromatic nitrogens is 2. The summed E-state index contributed by atoms with van der Waals surface area (Å²) in [6.07, 6.45) is 0. The molecule has 1 unspecified atom stereocenters. The van der Waals surface area contributed by atoms with Crippen LogP contribution in [0.2, 0.25) is 0 Å². The Morgan fingerprint density at radius 1 is 1.21 bits per heavy atom. The zero-order valence-corrected chi connectivity index (χ0v) is 12.7. The van der Waals surface area contributed by atoms with Gasteiger partial charge in [-0.05, 0) is 47.5 Å². The highest BCUT2D eigenvalue weighted by atomic mass is 79.9. The lowest BCUT2D eigenvalue weighted by Crippen LogP contribution is -2.08. The van der Waals surface area contributed by atoms with Gasteiger partial charge in [-0.15, -0.1) is 0 Å². The number of ether oxygens (including phenoxy) is 1. The number of aryl methyl sites for hydroxylation is 1. The van der Waals surface area contributed by atoms with Crippen molar-refractivity contribution in [3.05, 3.63) is 46.3 Å². The summed E-state index contributed by atoms with van der Waals surface area (Å²) in [4.78, 5) is 8.49. The largest absolute Gasteiger partial charge is 0.497 e. The summed E-state index contributed by atoms with van der Waals surface area (Å²) in [5.41, 5.74) is 2.10. The number of halogens is 1. The quantitative estimate of drug-likeness (QED) is 0.872. The standard InChI is InChI=1S/C14H16BrN3O/c1-9-8-13(18-14(15)16-9)17-10(2)11-4-6-12(19-3)7-5-11/h4-8,10H,1-3H3,(H,16,17,18). The van der Waals surface area contributed by atoms with E-state index in [1.54, 1.807) is 7.11 Å². The molecular weight excluding hydrogens is 306 g/mol. The van der Waals surface area contributed by atoms with Crippen LogP contribution in [0.1, 0.15) is 24.2 Å². The van der Waals surface area contributed by atoms with Crippen LogP contribution in [0.25, 0.3) is 0 Å². The average molecular weight is 322 g/mol. The zero-order chi connectivity index (χ0) is 13.8. The van der Waals surface area contributed by atoms with E-state index in [1.807, 2.05) is 37.3 Å². The second-order valence-corrected chi connectivity index (χ2v) is 5.01. The SMILES string of the molecule is COc1ccc(C(C)Nc2cc(C)nc(Br)n2)cc1. The molecule has 100 valence electrons. The van der Waals surface area contributed by atoms with E-state index in [4.69, 9.17) is 4.74 Å². The molecule has 2 aromatic rings. The van der Waals surface area contributed by atoms with E-state index in [0.717, 1.165) is 17.3 Å². The maximum absolute atomic E-state index is 5.15. The Morgan fingerprint density at radius 2 is 1.89 bits per heavy atom. The smallest absolute Gasteiger partial charge is 0.198 e. The Hall–Kier alpha value is -1.62. The molecule has 0 bridgehead atoms. The molecular formula is C14H16BrN3O. The molecule has 0 aliphatic carbocycles. The molecule has 1 atom stereocenters. The minimum Gasteiger partial charge on any atom is -0.497 e. The minimum atomic E-state index is 0.159. The molecule has 5 heteroatoms. The molecule has 1 aromatic heterocycles. The van der Waals surface area contributed by atoms with E-state index in [-0.39, 0.29) is 6.04 Å². The molecule has 1 heterocycles. The lowest BCUT2D eigenvalue weighted by molar-refractivity contribution is 0.414. The fourth-order valence-corrected chi connectivity index (χ4v) is 2.27. The van der Waals surface area contributed by atoms with Crippen molar-refractivity contribution in [2.75, 3.05) is 12.4 Å². The van der Waals surface area contributed by atoms with Crippen LogP contribution >= 0.6 is 15.9 Å². The number of hydrogen-bond acceptors (Lipinski definition) is 4. The van der Waals surface area contributed by atoms with Crippen molar-refractivity contribution >= 4 is 21.7 Å². The first-order valence-corrected chi connectivity index (χ1v) is 6.79. The van der Waals surface area contributed by atoms with Crippen LogP contribution < -0.4 is 10.1 Å². The van der Waals surface area contributed by atoms with Gasteiger partial charge in [-0.3, -0.25) is 0 Å². The number of rotatable bonds is 4. The van der Waals surface area contributed by atoms with Crippen LogP contribution in [0.4, 0.5) is 5.82 Å². The summed E-state index contributed by atoms with van der Waals surface area (Å²) in [7, 11) is 1.66. The number of anilines is 1. The number of hydrogen-bond donors (Lipinski definition) is 1. The summed E-state index contributed by atoms with van der Waals surface area (Å²) in [6, 6.07) is 10.1. The van der Waals surface area contributed by atoms with Crippen molar-refractivity contribution in [1.82, 2.24) is 9.97 Å². The van der Waals surface area contributed by atoms with Crippen LogP contribution in [0.15, 0.2) is 35.1 Å². The number of benzene rings is 1. The first-order chi connectivity index (χ1) is 9.08. The van der Waals surface area contributed by atoms with Crippen molar-refractivity contribution in [3.63, 3.8) is 0 Å². The molecule has 0 fully saturated rings. The fourth-order valence-electron chi connectivity index (χ4n) is 1.80. The molecule has 0 radical (unpaired) electrons. The Balaban J connectivity index is 2.13. The van der Waals surface area contributed by atoms with E-state index in [2.05, 4.69) is 38.1 Å². The molecule has 0 spiro atoms. The normalized spacial score (nSPS) is 12.0. The van der Waals surface area contributed by atoms with Gasteiger partial charge in [0.05, 0.1) is 7.11 Å². The number of nitrogens with one attached hydrogen (secondary N) is 1. The highest BCUT2D eigenvalue weighted by Crippen LogP contribution is 2.21. The van der Waals surface area contributed by atoms with Gasteiger partial charge in [0.15, 0.2) is 4.73 Å². The molecule has 1 N–H and O–H groups in total. The van der Waals surface area contributed by atoms with E-state index in [9.17, 15) is 0 Å². The van der Waals surface area contributed by atoms with Crippen molar-refractivity contribution in [2.45, 2.75) is 19.9 Å². The molecule has 2 rings (SSSR count). The maximum atomic E-state index is 5.15. The predicted octanol–water partition coefficient (Wildman–Crippen LogP) is 3.73. The number of methoxy groups -OCH3 is 1. The summed E-state index contributed by atoms with van der Waals surface area (Å²) < 4.78 is 5.75. The monoisotopic (exact) mass is 321 g/mol. The third kappa shape index (κ3) is 3.67. The average Bonchev–Trinajstić information content (AvgIpc) is 2.37. The third-order valence-corrected chi connectivity index (χ3v) is 3.16. The third-order valence-electron chi connectivity index (χ3n) is 2.81. The zero-order valence-electron chi connectivity index (χ0n) is 11.1. The molecule has 0 aliphatic rings. The minimum absolute atomic E-state index is 0.159. The van der Waals surface area contributed by atoms with Gasteiger partial charge < -0.3 is 10.1 Å². The van der Waals surface area contributed by atoms with Gasteiger partial charge in [0.25, 0.3) is 0 Å². The van der Waals surface area contributed by atoms with Crippen molar-refractivity contribution < 1.29 is 4.74 Å². The molecule has 4 nitrogen and oxygen atoms in total. The van der Waals surface area contributed by atoms with Crippen LogP contribution in [0.5, 0.6) is 5.75 Å². The maximum Gasteiger partial charge on any atom is 0.198 e. The van der Waals surface area contributed by atoms with Crippen molar-refractivity contribution in [2.24, 2.45) is 0 Å². The highest BCUT2D eigenvalue weighted by Gasteiger charge is 2.07. The molecule has 0 amide bonds. The van der Waals surface area contributed by atoms with Gasteiger partial charge in [0.1, 0.15) is 11.6 Å². The molecule has 19 heavy (non-hydrogen) atoms. The van der Waals surface area contributed by atoms with Gasteiger partial charge in [-0.25, -0.2) is 9.97 Å². The second kappa shape index (κ2) is 6.02. The Labute approximate surface area is 121 Å². The first-order valence-electron chi connectivity index (χ1n) is 6.00. The molecule has 0 saturated heterocycles. The van der Waals surface area contributed by atoms with Crippen LogP contribution in [-0.2, 0) is 0 Å². The molecule has 0 aliphatic heterocycles. The van der Waals surface area contributed by atoms with E-state index in [1.165, 1.54) is 5.56 Å². The summed E-state index contributed by atoms with van der Waals surface area (Å²) >= 11 is 3.30. The van der Waals surface area contributed by atoms with Gasteiger partial charge in [0.2, 0.25) is 0 Å². The van der Waals surface area contributed by atoms with Crippen LogP contribution in [0.3, 0.4) is 0 Å². The predicted molar refractivity (Wildman–Crippen MR) is 79.5 cm³/mol. The first kappa shape index (κ1) is 13.8. The summed E-state index contributed by atoms with van der Waals surface area (Å²) in [5, 5.41) is 3.36. The molecule has 0 saturated carbocycles. The van der Waals surface area contributed by atoms with Gasteiger partial charge in [-0.2, -0.15) is 0 Å².